The zero-order valence-corrected chi connectivity index (χ0v) is 11.2. The van der Waals surface area contributed by atoms with Gasteiger partial charge >= 0.3 is 0 Å². The number of anilines is 1. The van der Waals surface area contributed by atoms with Crippen molar-refractivity contribution in [3.63, 3.8) is 0 Å². The van der Waals surface area contributed by atoms with Crippen molar-refractivity contribution in [2.45, 2.75) is 31.8 Å². The van der Waals surface area contributed by atoms with Gasteiger partial charge in [0.1, 0.15) is 12.0 Å². The lowest BCUT2D eigenvalue weighted by Gasteiger charge is -2.37. The fraction of sp³-hybridized carbons (Fsp3) is 0.500. The molecule has 1 aliphatic heterocycles. The summed E-state index contributed by atoms with van der Waals surface area (Å²) < 4.78 is 0. The topological polar surface area (TPSA) is 128 Å². The van der Waals surface area contributed by atoms with Crippen molar-refractivity contribution in [3.8, 4) is 0 Å². The van der Waals surface area contributed by atoms with Crippen LogP contribution >= 0.6 is 0 Å². The fourth-order valence-corrected chi connectivity index (χ4v) is 2.48. The predicted molar refractivity (Wildman–Crippen MR) is 73.4 cm³/mol. The average Bonchev–Trinajstić information content (AvgIpc) is 2.38. The highest BCUT2D eigenvalue weighted by molar-refractivity contribution is 5.98. The third-order valence-electron chi connectivity index (χ3n) is 3.52. The standard InChI is InChI=1S/C12H17N5O3/c1-7-4-8(13)2-3-16(7)12-10(11(14)18)5-9(6-15-12)17(19)20/h5-8H,2-4,13H2,1H3,(H2,14,18). The molecule has 1 amide bonds. The number of aromatic nitrogens is 1. The van der Waals surface area contributed by atoms with Crippen LogP contribution in [0, 0.1) is 10.1 Å². The maximum Gasteiger partial charge on any atom is 0.288 e. The van der Waals surface area contributed by atoms with Gasteiger partial charge in [-0.2, -0.15) is 0 Å². The molecule has 8 nitrogen and oxygen atoms in total. The first-order valence-corrected chi connectivity index (χ1v) is 6.36. The van der Waals surface area contributed by atoms with Crippen LogP contribution in [0.2, 0.25) is 0 Å². The highest BCUT2D eigenvalue weighted by Gasteiger charge is 2.28. The summed E-state index contributed by atoms with van der Waals surface area (Å²) in [6.07, 6.45) is 2.70. The van der Waals surface area contributed by atoms with Crippen LogP contribution in [0.5, 0.6) is 0 Å². The van der Waals surface area contributed by atoms with Crippen LogP contribution in [-0.4, -0.2) is 34.4 Å². The van der Waals surface area contributed by atoms with E-state index in [1.54, 1.807) is 0 Å². The molecule has 2 unspecified atom stereocenters. The van der Waals surface area contributed by atoms with E-state index in [0.717, 1.165) is 19.0 Å². The van der Waals surface area contributed by atoms with Crippen molar-refractivity contribution in [3.05, 3.63) is 27.9 Å². The van der Waals surface area contributed by atoms with Gasteiger partial charge in [0.2, 0.25) is 0 Å². The molecule has 8 heteroatoms. The molecule has 1 aromatic rings. The first kappa shape index (κ1) is 14.2. The quantitative estimate of drug-likeness (QED) is 0.609. The smallest absolute Gasteiger partial charge is 0.288 e. The largest absolute Gasteiger partial charge is 0.365 e. The van der Waals surface area contributed by atoms with Gasteiger partial charge in [0.15, 0.2) is 0 Å². The van der Waals surface area contributed by atoms with Gasteiger partial charge < -0.3 is 16.4 Å². The van der Waals surface area contributed by atoms with E-state index in [4.69, 9.17) is 11.5 Å². The molecule has 1 fully saturated rings. The Kier molecular flexibility index (Phi) is 3.84. The van der Waals surface area contributed by atoms with Crippen molar-refractivity contribution in [2.75, 3.05) is 11.4 Å². The summed E-state index contributed by atoms with van der Waals surface area (Å²) in [6, 6.07) is 1.40. The molecule has 108 valence electrons. The third kappa shape index (κ3) is 2.69. The zero-order valence-electron chi connectivity index (χ0n) is 11.2. The summed E-state index contributed by atoms with van der Waals surface area (Å²) in [4.78, 5) is 27.7. The van der Waals surface area contributed by atoms with E-state index < -0.39 is 10.8 Å². The second kappa shape index (κ2) is 5.41. The molecule has 0 aliphatic carbocycles. The summed E-state index contributed by atoms with van der Waals surface area (Å²) in [6.45, 7) is 2.63. The summed E-state index contributed by atoms with van der Waals surface area (Å²) in [5.74, 6) is -0.333. The minimum absolute atomic E-state index is 0.0709. The van der Waals surface area contributed by atoms with E-state index in [-0.39, 0.29) is 23.3 Å². The van der Waals surface area contributed by atoms with E-state index in [9.17, 15) is 14.9 Å². The molecule has 1 aromatic heterocycles. The Balaban J connectivity index is 2.40. The molecule has 20 heavy (non-hydrogen) atoms. The molecule has 2 atom stereocenters. The molecule has 0 spiro atoms. The van der Waals surface area contributed by atoms with E-state index >= 15 is 0 Å². The Hall–Kier alpha value is -2.22. The van der Waals surface area contributed by atoms with Gasteiger partial charge in [-0.3, -0.25) is 14.9 Å². The van der Waals surface area contributed by atoms with Crippen molar-refractivity contribution in [1.82, 2.24) is 4.98 Å². The number of nitrogens with two attached hydrogens (primary N) is 2. The number of carbonyl (C=O) groups is 1. The fourth-order valence-electron chi connectivity index (χ4n) is 2.48. The average molecular weight is 279 g/mol. The highest BCUT2D eigenvalue weighted by Crippen LogP contribution is 2.27. The van der Waals surface area contributed by atoms with Crippen LogP contribution < -0.4 is 16.4 Å². The second-order valence-electron chi connectivity index (χ2n) is 5.01. The first-order valence-electron chi connectivity index (χ1n) is 6.36. The van der Waals surface area contributed by atoms with Crippen LogP contribution in [0.1, 0.15) is 30.1 Å². The number of primary amides is 1. The SMILES string of the molecule is CC1CC(N)CCN1c1ncc([N+](=O)[O-])cc1C(N)=O. The molecule has 0 radical (unpaired) electrons. The van der Waals surface area contributed by atoms with Crippen LogP contribution in [0.3, 0.4) is 0 Å². The molecule has 0 saturated carbocycles. The second-order valence-corrected chi connectivity index (χ2v) is 5.01. The van der Waals surface area contributed by atoms with Gasteiger partial charge in [-0.25, -0.2) is 4.98 Å². The van der Waals surface area contributed by atoms with E-state index in [2.05, 4.69) is 4.98 Å². The van der Waals surface area contributed by atoms with Gasteiger partial charge in [0.05, 0.1) is 10.5 Å². The van der Waals surface area contributed by atoms with Crippen LogP contribution in [0.4, 0.5) is 11.5 Å². The number of amides is 1. The van der Waals surface area contributed by atoms with Crippen LogP contribution in [0.15, 0.2) is 12.3 Å². The molecule has 4 N–H and O–H groups in total. The van der Waals surface area contributed by atoms with Gasteiger partial charge in [0, 0.05) is 24.7 Å². The maximum atomic E-state index is 11.5. The van der Waals surface area contributed by atoms with Crippen molar-refractivity contribution in [1.29, 1.82) is 0 Å². The zero-order chi connectivity index (χ0) is 14.9. The minimum Gasteiger partial charge on any atom is -0.365 e. The molecule has 0 bridgehead atoms. The van der Waals surface area contributed by atoms with Gasteiger partial charge in [0.25, 0.3) is 11.6 Å². The summed E-state index contributed by atoms with van der Waals surface area (Å²) >= 11 is 0. The number of piperidine rings is 1. The number of rotatable bonds is 3. The van der Waals surface area contributed by atoms with Crippen molar-refractivity contribution < 1.29 is 9.72 Å². The number of hydrogen-bond donors (Lipinski definition) is 2. The summed E-state index contributed by atoms with van der Waals surface area (Å²) in [5.41, 5.74) is 11.0. The lowest BCUT2D eigenvalue weighted by Crippen LogP contribution is -2.46. The Bertz CT molecular complexity index is 548. The molecular weight excluding hydrogens is 262 g/mol. The maximum absolute atomic E-state index is 11.5. The Labute approximate surface area is 115 Å². The van der Waals surface area contributed by atoms with E-state index in [0.29, 0.717) is 12.4 Å². The normalized spacial score (nSPS) is 22.6. The molecular formula is C12H17N5O3. The van der Waals surface area contributed by atoms with Gasteiger partial charge in [-0.05, 0) is 19.8 Å². The summed E-state index contributed by atoms with van der Waals surface area (Å²) in [7, 11) is 0. The number of nitro groups is 1. The minimum atomic E-state index is -0.724. The van der Waals surface area contributed by atoms with Gasteiger partial charge in [-0.15, -0.1) is 0 Å². The first-order chi connectivity index (χ1) is 9.40. The Morgan fingerprint density at radius 3 is 2.85 bits per heavy atom. The van der Waals surface area contributed by atoms with Gasteiger partial charge in [-0.1, -0.05) is 0 Å². The molecule has 0 aromatic carbocycles. The lowest BCUT2D eigenvalue weighted by molar-refractivity contribution is -0.385. The lowest BCUT2D eigenvalue weighted by atomic mass is 9.98. The number of pyridine rings is 1. The monoisotopic (exact) mass is 279 g/mol. The predicted octanol–water partition coefficient (Wildman–Crippen LogP) is 0.405. The van der Waals surface area contributed by atoms with Crippen molar-refractivity contribution >= 4 is 17.4 Å². The molecule has 2 heterocycles. The Morgan fingerprint density at radius 1 is 1.60 bits per heavy atom. The number of nitrogens with zero attached hydrogens (tertiary/aromatic N) is 3. The van der Waals surface area contributed by atoms with Crippen LogP contribution in [0.25, 0.3) is 0 Å². The van der Waals surface area contributed by atoms with Crippen molar-refractivity contribution in [2.24, 2.45) is 11.5 Å². The number of carbonyl (C=O) groups excluding carboxylic acids is 1. The Morgan fingerprint density at radius 2 is 2.30 bits per heavy atom. The summed E-state index contributed by atoms with van der Waals surface area (Å²) in [5, 5.41) is 10.8. The highest BCUT2D eigenvalue weighted by atomic mass is 16.6. The van der Waals surface area contributed by atoms with E-state index in [1.165, 1.54) is 6.07 Å². The molecule has 1 aliphatic rings. The molecule has 2 rings (SSSR count). The van der Waals surface area contributed by atoms with Crippen LogP contribution in [-0.2, 0) is 0 Å². The van der Waals surface area contributed by atoms with E-state index in [1.807, 2.05) is 11.8 Å². The third-order valence-corrected chi connectivity index (χ3v) is 3.52. The number of hydrogen-bond acceptors (Lipinski definition) is 6. The molecule has 1 saturated heterocycles.